The standard InChI is InChI=1S/C29H30O3S/c1-5-18-29(2,3)23-8-14-27(15-9-23)33(30)28-16-12-24(13-17-28)32-26-11-7-21-6-10-25(31-4)19-22(21)20-26/h5-8,10-20,23H,9H2,1-4H3. The molecule has 0 bridgehead atoms. The highest BCUT2D eigenvalue weighted by atomic mass is 32.2. The van der Waals surface area contributed by atoms with Crippen LogP contribution in [-0.4, -0.2) is 11.3 Å². The molecule has 0 heterocycles. The summed E-state index contributed by atoms with van der Waals surface area (Å²) < 4.78 is 24.4. The van der Waals surface area contributed by atoms with Crippen molar-refractivity contribution >= 4 is 21.6 Å². The summed E-state index contributed by atoms with van der Waals surface area (Å²) in [5, 5.41) is 2.18. The lowest BCUT2D eigenvalue weighted by Crippen LogP contribution is -2.21. The first-order valence-electron chi connectivity index (χ1n) is 11.2. The Kier molecular flexibility index (Phi) is 6.85. The van der Waals surface area contributed by atoms with Crippen molar-refractivity contribution in [2.75, 3.05) is 7.11 Å². The summed E-state index contributed by atoms with van der Waals surface area (Å²) >= 11 is 0. The van der Waals surface area contributed by atoms with Gasteiger partial charge < -0.3 is 9.47 Å². The van der Waals surface area contributed by atoms with Gasteiger partial charge in [-0.15, -0.1) is 0 Å². The van der Waals surface area contributed by atoms with Crippen LogP contribution in [0.25, 0.3) is 10.8 Å². The first-order valence-corrected chi connectivity index (χ1v) is 12.3. The molecule has 3 aromatic carbocycles. The van der Waals surface area contributed by atoms with Gasteiger partial charge in [0.2, 0.25) is 0 Å². The average Bonchev–Trinajstić information content (AvgIpc) is 2.83. The Bertz CT molecular complexity index is 1250. The van der Waals surface area contributed by atoms with Gasteiger partial charge in [0.15, 0.2) is 0 Å². The lowest BCUT2D eigenvalue weighted by Gasteiger charge is -2.30. The number of rotatable bonds is 7. The number of hydrogen-bond donors (Lipinski definition) is 0. The quantitative estimate of drug-likeness (QED) is 0.339. The predicted octanol–water partition coefficient (Wildman–Crippen LogP) is 7.81. The van der Waals surface area contributed by atoms with E-state index < -0.39 is 10.8 Å². The molecule has 0 radical (unpaired) electrons. The largest absolute Gasteiger partial charge is 0.497 e. The van der Waals surface area contributed by atoms with Crippen molar-refractivity contribution in [3.63, 3.8) is 0 Å². The van der Waals surface area contributed by atoms with Crippen LogP contribution in [0.3, 0.4) is 0 Å². The molecule has 4 rings (SSSR count). The predicted molar refractivity (Wildman–Crippen MR) is 137 cm³/mol. The second-order valence-corrected chi connectivity index (χ2v) is 10.3. The maximum Gasteiger partial charge on any atom is 0.128 e. The Hall–Kier alpha value is -3.11. The Morgan fingerprint density at radius 2 is 1.61 bits per heavy atom. The third-order valence-corrected chi connectivity index (χ3v) is 7.56. The maximum atomic E-state index is 13.1. The second-order valence-electron chi connectivity index (χ2n) is 8.85. The minimum absolute atomic E-state index is 0.0850. The molecule has 0 saturated heterocycles. The van der Waals surface area contributed by atoms with Gasteiger partial charge in [0.05, 0.1) is 17.9 Å². The van der Waals surface area contributed by atoms with Gasteiger partial charge in [0, 0.05) is 9.80 Å². The molecule has 0 aliphatic heterocycles. The molecule has 170 valence electrons. The van der Waals surface area contributed by atoms with E-state index in [2.05, 4.69) is 45.1 Å². The Balaban J connectivity index is 1.44. The van der Waals surface area contributed by atoms with Crippen LogP contribution >= 0.6 is 0 Å². The molecule has 33 heavy (non-hydrogen) atoms. The van der Waals surface area contributed by atoms with E-state index in [-0.39, 0.29) is 5.41 Å². The number of ether oxygens (including phenoxy) is 2. The van der Waals surface area contributed by atoms with Crippen molar-refractivity contribution in [2.24, 2.45) is 11.3 Å². The minimum Gasteiger partial charge on any atom is -0.497 e. The summed E-state index contributed by atoms with van der Waals surface area (Å²) in [4.78, 5) is 1.63. The lowest BCUT2D eigenvalue weighted by atomic mass is 9.75. The topological polar surface area (TPSA) is 35.5 Å². The molecular formula is C29H30O3S. The van der Waals surface area contributed by atoms with Crippen molar-refractivity contribution < 1.29 is 13.7 Å². The monoisotopic (exact) mass is 458 g/mol. The van der Waals surface area contributed by atoms with Crippen molar-refractivity contribution in [1.29, 1.82) is 0 Å². The molecule has 1 aliphatic rings. The van der Waals surface area contributed by atoms with Gasteiger partial charge in [0.1, 0.15) is 17.2 Å². The van der Waals surface area contributed by atoms with Crippen LogP contribution < -0.4 is 9.47 Å². The summed E-state index contributed by atoms with van der Waals surface area (Å²) in [6.45, 7) is 6.53. The molecule has 2 atom stereocenters. The number of benzene rings is 3. The molecule has 0 aromatic heterocycles. The molecule has 2 unspecified atom stereocenters. The molecule has 4 heteroatoms. The van der Waals surface area contributed by atoms with Crippen molar-refractivity contribution in [2.45, 2.75) is 32.1 Å². The van der Waals surface area contributed by atoms with Crippen LogP contribution in [0.5, 0.6) is 17.2 Å². The van der Waals surface area contributed by atoms with Gasteiger partial charge in [-0.1, -0.05) is 50.3 Å². The number of hydrogen-bond acceptors (Lipinski definition) is 3. The second kappa shape index (κ2) is 9.80. The highest BCUT2D eigenvalue weighted by Gasteiger charge is 2.26. The smallest absolute Gasteiger partial charge is 0.128 e. The summed E-state index contributed by atoms with van der Waals surface area (Å²) in [7, 11) is 0.456. The Labute approximate surface area is 198 Å². The van der Waals surface area contributed by atoms with Crippen LogP contribution in [-0.2, 0) is 10.8 Å². The molecule has 0 fully saturated rings. The van der Waals surface area contributed by atoms with Gasteiger partial charge in [0.25, 0.3) is 0 Å². The zero-order chi connectivity index (χ0) is 23.4. The van der Waals surface area contributed by atoms with Gasteiger partial charge in [-0.3, -0.25) is 0 Å². The van der Waals surface area contributed by atoms with Crippen LogP contribution in [0.2, 0.25) is 0 Å². The molecule has 0 N–H and O–H groups in total. The fraction of sp³-hybridized carbons (Fsp3) is 0.241. The third kappa shape index (κ3) is 5.28. The number of fused-ring (bicyclic) bond motifs is 1. The highest BCUT2D eigenvalue weighted by molar-refractivity contribution is 7.89. The Morgan fingerprint density at radius 3 is 2.24 bits per heavy atom. The van der Waals surface area contributed by atoms with E-state index in [1.165, 1.54) is 0 Å². The summed E-state index contributed by atoms with van der Waals surface area (Å²) in [6, 6.07) is 19.4. The first-order chi connectivity index (χ1) is 15.9. The zero-order valence-corrected chi connectivity index (χ0v) is 20.4. The highest BCUT2D eigenvalue weighted by Crippen LogP contribution is 2.36. The van der Waals surface area contributed by atoms with E-state index in [0.717, 1.165) is 38.5 Å². The van der Waals surface area contributed by atoms with Crippen LogP contribution in [0.4, 0.5) is 0 Å². The molecule has 3 aromatic rings. The molecule has 0 spiro atoms. The Morgan fingerprint density at radius 1 is 0.939 bits per heavy atom. The lowest BCUT2D eigenvalue weighted by molar-refractivity contribution is 0.343. The average molecular weight is 459 g/mol. The fourth-order valence-electron chi connectivity index (χ4n) is 4.14. The number of allylic oxidation sites excluding steroid dienone is 5. The fourth-order valence-corrected chi connectivity index (χ4v) is 5.25. The van der Waals surface area contributed by atoms with E-state index in [1.807, 2.05) is 66.7 Å². The van der Waals surface area contributed by atoms with Gasteiger partial charge in [-0.2, -0.15) is 0 Å². The van der Waals surface area contributed by atoms with E-state index in [9.17, 15) is 4.21 Å². The molecule has 0 amide bonds. The number of methoxy groups -OCH3 is 1. The zero-order valence-electron chi connectivity index (χ0n) is 19.6. The van der Waals surface area contributed by atoms with E-state index in [4.69, 9.17) is 9.47 Å². The van der Waals surface area contributed by atoms with Crippen LogP contribution in [0, 0.1) is 11.3 Å². The molecule has 0 saturated carbocycles. The summed E-state index contributed by atoms with van der Waals surface area (Å²) in [5.41, 5.74) is 0.0850. The van der Waals surface area contributed by atoms with E-state index in [0.29, 0.717) is 11.7 Å². The molecule has 1 aliphatic carbocycles. The molecular weight excluding hydrogens is 428 g/mol. The van der Waals surface area contributed by atoms with Crippen molar-refractivity contribution in [3.8, 4) is 17.2 Å². The third-order valence-electron chi connectivity index (χ3n) is 6.12. The summed E-state index contributed by atoms with van der Waals surface area (Å²) in [5.74, 6) is 2.68. The van der Waals surface area contributed by atoms with Gasteiger partial charge >= 0.3 is 0 Å². The van der Waals surface area contributed by atoms with Crippen molar-refractivity contribution in [1.82, 2.24) is 0 Å². The van der Waals surface area contributed by atoms with E-state index in [1.54, 1.807) is 7.11 Å². The first kappa shape index (κ1) is 23.1. The van der Waals surface area contributed by atoms with Crippen molar-refractivity contribution in [3.05, 3.63) is 95.9 Å². The SMILES string of the molecule is CC=CC(C)(C)C1C=CC(S(=O)c2ccc(Oc3ccc4ccc(OC)cc4c3)cc2)=CC1. The summed E-state index contributed by atoms with van der Waals surface area (Å²) in [6.07, 6.45) is 11.6. The van der Waals surface area contributed by atoms with Crippen LogP contribution in [0.1, 0.15) is 27.2 Å². The van der Waals surface area contributed by atoms with E-state index >= 15 is 0 Å². The molecule has 3 nitrogen and oxygen atoms in total. The maximum absolute atomic E-state index is 13.1. The van der Waals surface area contributed by atoms with Gasteiger partial charge in [-0.25, -0.2) is 4.21 Å². The van der Waals surface area contributed by atoms with Crippen LogP contribution in [0.15, 0.2) is 101 Å². The normalized spacial score (nSPS) is 17.2. The minimum atomic E-state index is -1.21. The van der Waals surface area contributed by atoms with Gasteiger partial charge in [-0.05, 0) is 90.1 Å².